The summed E-state index contributed by atoms with van der Waals surface area (Å²) in [5.41, 5.74) is 0.419. The molecule has 2 heterocycles. The molecular formula is C19H21NO5S2. The van der Waals surface area contributed by atoms with Crippen molar-refractivity contribution in [2.24, 2.45) is 0 Å². The smallest absolute Gasteiger partial charge is 0.340 e. The Morgan fingerprint density at radius 1 is 1.11 bits per heavy atom. The summed E-state index contributed by atoms with van der Waals surface area (Å²) in [5, 5.41) is 6.42. The topological polar surface area (TPSA) is 81.7 Å². The highest BCUT2D eigenvalue weighted by molar-refractivity contribution is 7.12. The number of hydrogen-bond donors (Lipinski definition) is 1. The molecule has 1 N–H and O–H groups in total. The third-order valence-electron chi connectivity index (χ3n) is 3.36. The Hall–Kier alpha value is -2.45. The third-order valence-corrected chi connectivity index (χ3v) is 5.08. The van der Waals surface area contributed by atoms with Crippen LogP contribution in [0.4, 0.5) is 0 Å². The summed E-state index contributed by atoms with van der Waals surface area (Å²) in [4.78, 5) is 37.2. The van der Waals surface area contributed by atoms with Gasteiger partial charge in [0.2, 0.25) is 0 Å². The largest absolute Gasteiger partial charge is 0.466 e. The molecule has 0 saturated heterocycles. The molecule has 0 aliphatic carbocycles. The Balaban J connectivity index is 1.82. The van der Waals surface area contributed by atoms with Crippen LogP contribution in [-0.4, -0.2) is 37.6 Å². The number of amides is 1. The Bertz CT molecular complexity index is 766. The van der Waals surface area contributed by atoms with Crippen LogP contribution in [0.25, 0.3) is 11.6 Å². The summed E-state index contributed by atoms with van der Waals surface area (Å²) in [7, 11) is 0. The molecule has 0 atom stereocenters. The lowest BCUT2D eigenvalue weighted by Crippen LogP contribution is -2.30. The number of rotatable bonds is 10. The van der Waals surface area contributed by atoms with Gasteiger partial charge >= 0.3 is 11.9 Å². The van der Waals surface area contributed by atoms with E-state index in [0.717, 1.165) is 9.75 Å². The monoisotopic (exact) mass is 407 g/mol. The second-order valence-electron chi connectivity index (χ2n) is 5.39. The lowest BCUT2D eigenvalue weighted by Gasteiger charge is -2.08. The van der Waals surface area contributed by atoms with Crippen LogP contribution in [0.1, 0.15) is 29.5 Å². The van der Waals surface area contributed by atoms with Gasteiger partial charge in [0.1, 0.15) is 0 Å². The van der Waals surface area contributed by atoms with Gasteiger partial charge in [-0.1, -0.05) is 12.1 Å². The predicted octanol–water partition coefficient (Wildman–Crippen LogP) is 3.35. The first-order valence-electron chi connectivity index (χ1n) is 8.48. The van der Waals surface area contributed by atoms with E-state index in [4.69, 9.17) is 9.47 Å². The molecule has 0 aliphatic rings. The van der Waals surface area contributed by atoms with E-state index < -0.39 is 11.9 Å². The molecule has 2 aromatic heterocycles. The summed E-state index contributed by atoms with van der Waals surface area (Å²) in [6.45, 7) is 2.03. The fraction of sp³-hybridized carbons (Fsp3) is 0.316. The van der Waals surface area contributed by atoms with E-state index in [1.807, 2.05) is 35.0 Å². The van der Waals surface area contributed by atoms with Crippen molar-refractivity contribution < 1.29 is 23.9 Å². The van der Waals surface area contributed by atoms with Gasteiger partial charge in [-0.05, 0) is 42.3 Å². The van der Waals surface area contributed by atoms with Gasteiger partial charge in [-0.25, -0.2) is 4.79 Å². The zero-order valence-corrected chi connectivity index (χ0v) is 16.6. The third kappa shape index (κ3) is 7.36. The lowest BCUT2D eigenvalue weighted by atomic mass is 10.2. The van der Waals surface area contributed by atoms with Crippen LogP contribution in [0.15, 0.2) is 35.0 Å². The summed E-state index contributed by atoms with van der Waals surface area (Å²) in [6.07, 6.45) is 2.47. The van der Waals surface area contributed by atoms with E-state index in [-0.39, 0.29) is 19.0 Å². The lowest BCUT2D eigenvalue weighted by molar-refractivity contribution is -0.143. The molecule has 1 amide bonds. The molecule has 2 rings (SSSR count). The van der Waals surface area contributed by atoms with Crippen LogP contribution in [-0.2, 0) is 23.9 Å². The average molecular weight is 408 g/mol. The number of carbonyl (C=O) groups is 3. The predicted molar refractivity (Wildman–Crippen MR) is 106 cm³/mol. The average Bonchev–Trinajstić information content (AvgIpc) is 3.35. The fourth-order valence-corrected chi connectivity index (χ4v) is 3.52. The van der Waals surface area contributed by atoms with E-state index in [2.05, 4.69) is 5.32 Å². The number of esters is 2. The quantitative estimate of drug-likeness (QED) is 0.371. The van der Waals surface area contributed by atoms with Gasteiger partial charge in [0.15, 0.2) is 6.61 Å². The highest BCUT2D eigenvalue weighted by atomic mass is 32.1. The number of nitrogens with one attached hydrogen (secondary N) is 1. The van der Waals surface area contributed by atoms with E-state index in [9.17, 15) is 14.4 Å². The summed E-state index contributed by atoms with van der Waals surface area (Å²) >= 11 is 2.94. The van der Waals surface area contributed by atoms with Gasteiger partial charge in [-0.15, -0.1) is 22.7 Å². The van der Waals surface area contributed by atoms with Gasteiger partial charge in [0.25, 0.3) is 5.91 Å². The maximum Gasteiger partial charge on any atom is 0.340 e. The Labute approximate surface area is 165 Å². The van der Waals surface area contributed by atoms with Gasteiger partial charge < -0.3 is 14.8 Å². The molecule has 27 heavy (non-hydrogen) atoms. The van der Waals surface area contributed by atoms with Crippen LogP contribution in [0.5, 0.6) is 0 Å². The zero-order valence-electron chi connectivity index (χ0n) is 14.9. The minimum atomic E-state index is -0.549. The zero-order chi connectivity index (χ0) is 19.5. The first kappa shape index (κ1) is 20.9. The summed E-state index contributed by atoms with van der Waals surface area (Å²) in [6, 6.07) is 7.49. The maximum absolute atomic E-state index is 12.4. The molecule has 6 nitrogen and oxygen atoms in total. The molecular weight excluding hydrogens is 386 g/mol. The fourth-order valence-electron chi connectivity index (χ4n) is 2.13. The molecule has 144 valence electrons. The number of thiophene rings is 2. The van der Waals surface area contributed by atoms with E-state index in [1.165, 1.54) is 22.7 Å². The molecule has 2 aromatic rings. The van der Waals surface area contributed by atoms with E-state index in [0.29, 0.717) is 25.1 Å². The second kappa shape index (κ2) is 11.3. The van der Waals surface area contributed by atoms with Crippen molar-refractivity contribution >= 4 is 52.2 Å². The van der Waals surface area contributed by atoms with Gasteiger partial charge in [-0.3, -0.25) is 9.59 Å². The second-order valence-corrected chi connectivity index (χ2v) is 7.31. The number of carbonyl (C=O) groups excluding carboxylic acids is 3. The van der Waals surface area contributed by atoms with E-state index >= 15 is 0 Å². The Kier molecular flexibility index (Phi) is 8.73. The number of hydrogen-bond acceptors (Lipinski definition) is 7. The highest BCUT2D eigenvalue weighted by Crippen LogP contribution is 2.25. The van der Waals surface area contributed by atoms with Crippen molar-refractivity contribution in [1.29, 1.82) is 0 Å². The molecule has 0 aromatic carbocycles. The summed E-state index contributed by atoms with van der Waals surface area (Å²) in [5.74, 6) is -1.25. The Morgan fingerprint density at radius 3 is 2.56 bits per heavy atom. The Morgan fingerprint density at radius 2 is 1.89 bits per heavy atom. The summed E-state index contributed by atoms with van der Waals surface area (Å²) < 4.78 is 9.96. The molecule has 0 bridgehead atoms. The first-order valence-corrected chi connectivity index (χ1v) is 10.2. The molecule has 0 unspecified atom stereocenters. The van der Waals surface area contributed by atoms with Gasteiger partial charge in [-0.2, -0.15) is 0 Å². The van der Waals surface area contributed by atoms with Gasteiger partial charge in [0.05, 0.1) is 12.2 Å². The van der Waals surface area contributed by atoms with Gasteiger partial charge in [0, 0.05) is 22.7 Å². The van der Waals surface area contributed by atoms with E-state index in [1.54, 1.807) is 13.0 Å². The van der Waals surface area contributed by atoms with Crippen LogP contribution >= 0.6 is 22.7 Å². The standard InChI is InChI=1S/C19H21NO5S2/c1-2-24-18(22)8-3-9-20-17(21)13-25-19(23)15(16-7-5-11-27-16)12-14-6-4-10-26-14/h4-7,10-12H,2-3,8-9,13H2,1H3,(H,20,21)/b15-12+. The van der Waals surface area contributed by atoms with Crippen molar-refractivity contribution in [2.45, 2.75) is 19.8 Å². The minimum absolute atomic E-state index is 0.236. The van der Waals surface area contributed by atoms with Crippen LogP contribution in [0, 0.1) is 0 Å². The highest BCUT2D eigenvalue weighted by Gasteiger charge is 2.16. The van der Waals surface area contributed by atoms with Crippen LogP contribution < -0.4 is 5.32 Å². The maximum atomic E-state index is 12.4. The molecule has 0 spiro atoms. The molecule has 0 radical (unpaired) electrons. The minimum Gasteiger partial charge on any atom is -0.466 e. The van der Waals surface area contributed by atoms with Crippen molar-refractivity contribution in [3.05, 3.63) is 44.8 Å². The normalized spacial score (nSPS) is 11.1. The van der Waals surface area contributed by atoms with Crippen LogP contribution in [0.3, 0.4) is 0 Å². The van der Waals surface area contributed by atoms with Crippen LogP contribution in [0.2, 0.25) is 0 Å². The molecule has 0 saturated carbocycles. The number of ether oxygens (including phenoxy) is 2. The first-order chi connectivity index (χ1) is 13.1. The molecule has 8 heteroatoms. The van der Waals surface area contributed by atoms with Crippen molar-refractivity contribution in [3.63, 3.8) is 0 Å². The van der Waals surface area contributed by atoms with Crippen molar-refractivity contribution in [2.75, 3.05) is 19.8 Å². The SMILES string of the molecule is CCOC(=O)CCCNC(=O)COC(=O)/C(=C/c1cccs1)c1cccs1. The van der Waals surface area contributed by atoms with Crippen molar-refractivity contribution in [3.8, 4) is 0 Å². The molecule has 0 aliphatic heterocycles. The van der Waals surface area contributed by atoms with Crippen molar-refractivity contribution in [1.82, 2.24) is 5.32 Å². The molecule has 0 fully saturated rings.